The summed E-state index contributed by atoms with van der Waals surface area (Å²) in [5, 5.41) is 0. The van der Waals surface area contributed by atoms with E-state index in [0.29, 0.717) is 18.5 Å². The van der Waals surface area contributed by atoms with Crippen molar-refractivity contribution in [3.05, 3.63) is 36.2 Å². The molecule has 4 heteroatoms. The molecule has 0 atom stereocenters. The van der Waals surface area contributed by atoms with Gasteiger partial charge in [-0.3, -0.25) is 4.90 Å². The van der Waals surface area contributed by atoms with Crippen molar-refractivity contribution < 1.29 is 9.15 Å². The van der Waals surface area contributed by atoms with Gasteiger partial charge in [0, 0.05) is 18.2 Å². The van der Waals surface area contributed by atoms with E-state index in [0.717, 1.165) is 30.1 Å². The van der Waals surface area contributed by atoms with Crippen molar-refractivity contribution in [1.29, 1.82) is 0 Å². The van der Waals surface area contributed by atoms with E-state index in [1.165, 1.54) is 32.1 Å². The first-order valence-electron chi connectivity index (χ1n) is 9.21. The molecule has 1 saturated carbocycles. The number of ether oxygens (including phenoxy) is 1. The molecular weight excluding hydrogens is 300 g/mol. The monoisotopic (exact) mass is 328 g/mol. The number of rotatable bonds is 7. The van der Waals surface area contributed by atoms with Gasteiger partial charge in [-0.05, 0) is 50.6 Å². The second-order valence-corrected chi connectivity index (χ2v) is 6.46. The van der Waals surface area contributed by atoms with Gasteiger partial charge >= 0.3 is 0 Å². The van der Waals surface area contributed by atoms with Crippen molar-refractivity contribution in [2.24, 2.45) is 0 Å². The zero-order valence-electron chi connectivity index (χ0n) is 14.8. The average molecular weight is 328 g/mol. The molecule has 0 bridgehead atoms. The van der Waals surface area contributed by atoms with Gasteiger partial charge in [0.2, 0.25) is 5.89 Å². The Morgan fingerprint density at radius 2 is 1.88 bits per heavy atom. The van der Waals surface area contributed by atoms with Crippen molar-refractivity contribution in [3.63, 3.8) is 0 Å². The Kier molecular flexibility index (Phi) is 5.91. The molecule has 0 radical (unpaired) electrons. The number of hydrogen-bond acceptors (Lipinski definition) is 4. The summed E-state index contributed by atoms with van der Waals surface area (Å²) in [7, 11) is 0. The van der Waals surface area contributed by atoms with Crippen LogP contribution in [-0.4, -0.2) is 29.1 Å². The van der Waals surface area contributed by atoms with Gasteiger partial charge in [0.05, 0.1) is 12.3 Å². The van der Waals surface area contributed by atoms with Gasteiger partial charge in [-0.1, -0.05) is 26.2 Å². The summed E-state index contributed by atoms with van der Waals surface area (Å²) in [6, 6.07) is 8.62. The minimum absolute atomic E-state index is 0.677. The quantitative estimate of drug-likeness (QED) is 0.725. The molecule has 2 aromatic rings. The maximum absolute atomic E-state index is 5.70. The van der Waals surface area contributed by atoms with E-state index >= 15 is 0 Å². The Bertz CT molecular complexity index is 615. The molecule has 0 saturated heterocycles. The molecule has 0 aliphatic heterocycles. The first-order chi connectivity index (χ1) is 11.8. The molecule has 0 unspecified atom stereocenters. The fourth-order valence-electron chi connectivity index (χ4n) is 3.53. The molecular formula is C20H28N2O2. The molecule has 24 heavy (non-hydrogen) atoms. The lowest BCUT2D eigenvalue weighted by molar-refractivity contribution is 0.154. The zero-order chi connectivity index (χ0) is 16.8. The van der Waals surface area contributed by atoms with Crippen molar-refractivity contribution in [2.75, 3.05) is 13.2 Å². The highest BCUT2D eigenvalue weighted by Gasteiger charge is 2.21. The summed E-state index contributed by atoms with van der Waals surface area (Å²) in [6.07, 6.45) is 8.54. The highest BCUT2D eigenvalue weighted by molar-refractivity contribution is 5.54. The van der Waals surface area contributed by atoms with Crippen LogP contribution in [0.2, 0.25) is 0 Å². The lowest BCUT2D eigenvalue weighted by Crippen LogP contribution is -2.36. The normalized spacial score (nSPS) is 15.8. The fourth-order valence-corrected chi connectivity index (χ4v) is 3.53. The number of nitrogens with zero attached hydrogens (tertiary/aromatic N) is 2. The molecule has 1 fully saturated rings. The Morgan fingerprint density at radius 3 is 2.54 bits per heavy atom. The van der Waals surface area contributed by atoms with E-state index in [9.17, 15) is 0 Å². The van der Waals surface area contributed by atoms with E-state index in [1.54, 1.807) is 6.26 Å². The molecule has 3 rings (SSSR count). The molecule has 1 aromatic carbocycles. The Labute approximate surface area is 144 Å². The Hall–Kier alpha value is -1.81. The maximum atomic E-state index is 5.70. The first-order valence-corrected chi connectivity index (χ1v) is 9.21. The predicted octanol–water partition coefficient (Wildman–Crippen LogP) is 4.89. The first kappa shape index (κ1) is 17.0. The third kappa shape index (κ3) is 4.18. The second kappa shape index (κ2) is 8.34. The van der Waals surface area contributed by atoms with Crippen molar-refractivity contribution in [3.8, 4) is 17.2 Å². The molecule has 130 valence electrons. The zero-order valence-corrected chi connectivity index (χ0v) is 14.8. The van der Waals surface area contributed by atoms with Crippen molar-refractivity contribution in [1.82, 2.24) is 9.88 Å². The van der Waals surface area contributed by atoms with Crippen LogP contribution in [0, 0.1) is 0 Å². The summed E-state index contributed by atoms with van der Waals surface area (Å²) >= 11 is 0. The molecule has 1 heterocycles. The van der Waals surface area contributed by atoms with Crippen molar-refractivity contribution >= 4 is 0 Å². The van der Waals surface area contributed by atoms with Gasteiger partial charge in [0.1, 0.15) is 12.0 Å². The summed E-state index contributed by atoms with van der Waals surface area (Å²) in [6.45, 7) is 6.84. The maximum Gasteiger partial charge on any atom is 0.226 e. The van der Waals surface area contributed by atoms with Gasteiger partial charge in [-0.2, -0.15) is 0 Å². The van der Waals surface area contributed by atoms with Gasteiger partial charge in [-0.25, -0.2) is 4.98 Å². The van der Waals surface area contributed by atoms with Gasteiger partial charge in [0.25, 0.3) is 0 Å². The highest BCUT2D eigenvalue weighted by Crippen LogP contribution is 2.25. The number of aromatic nitrogens is 1. The van der Waals surface area contributed by atoms with Crippen LogP contribution in [0.15, 0.2) is 34.9 Å². The van der Waals surface area contributed by atoms with Gasteiger partial charge in [-0.15, -0.1) is 0 Å². The Balaban J connectivity index is 1.65. The van der Waals surface area contributed by atoms with Gasteiger partial charge < -0.3 is 9.15 Å². The van der Waals surface area contributed by atoms with E-state index in [1.807, 2.05) is 31.2 Å². The van der Waals surface area contributed by atoms with Crippen LogP contribution in [0.3, 0.4) is 0 Å². The molecule has 1 aliphatic carbocycles. The molecule has 4 nitrogen and oxygen atoms in total. The lowest BCUT2D eigenvalue weighted by Gasteiger charge is -2.32. The minimum atomic E-state index is 0.677. The predicted molar refractivity (Wildman–Crippen MR) is 96.1 cm³/mol. The Morgan fingerprint density at radius 1 is 1.12 bits per heavy atom. The smallest absolute Gasteiger partial charge is 0.226 e. The second-order valence-electron chi connectivity index (χ2n) is 6.46. The van der Waals surface area contributed by atoms with Crippen LogP contribution in [-0.2, 0) is 6.54 Å². The number of benzene rings is 1. The average Bonchev–Trinajstić information content (AvgIpc) is 3.10. The van der Waals surface area contributed by atoms with Crippen molar-refractivity contribution in [2.45, 2.75) is 58.5 Å². The lowest BCUT2D eigenvalue weighted by atomic mass is 9.94. The van der Waals surface area contributed by atoms with Crippen LogP contribution in [0.1, 0.15) is 51.6 Å². The van der Waals surface area contributed by atoms with E-state index in [4.69, 9.17) is 9.15 Å². The third-order valence-electron chi connectivity index (χ3n) is 4.83. The van der Waals surface area contributed by atoms with E-state index < -0.39 is 0 Å². The molecule has 0 amide bonds. The molecule has 0 spiro atoms. The van der Waals surface area contributed by atoms with E-state index in [-0.39, 0.29) is 0 Å². The van der Waals surface area contributed by atoms with E-state index in [2.05, 4.69) is 16.8 Å². The fraction of sp³-hybridized carbons (Fsp3) is 0.550. The third-order valence-corrected chi connectivity index (χ3v) is 4.83. The van der Waals surface area contributed by atoms with Crippen LogP contribution in [0.5, 0.6) is 5.75 Å². The number of oxazole rings is 1. The number of hydrogen-bond donors (Lipinski definition) is 0. The molecule has 1 aliphatic rings. The molecule has 0 N–H and O–H groups in total. The molecule has 1 aromatic heterocycles. The summed E-state index contributed by atoms with van der Waals surface area (Å²) < 4.78 is 11.2. The standard InChI is InChI=1S/C20H28N2O2/c1-3-22(18-8-6-5-7-9-18)14-17-15-24-20(21-17)16-10-12-19(13-11-16)23-4-2/h10-13,15,18H,3-9,14H2,1-2H3. The SMILES string of the molecule is CCOc1ccc(-c2nc(CN(CC)C3CCCCC3)co2)cc1. The minimum Gasteiger partial charge on any atom is -0.494 e. The topological polar surface area (TPSA) is 38.5 Å². The van der Waals surface area contributed by atoms with Crippen LogP contribution in [0.4, 0.5) is 0 Å². The highest BCUT2D eigenvalue weighted by atomic mass is 16.5. The summed E-state index contributed by atoms with van der Waals surface area (Å²) in [5.41, 5.74) is 2.01. The summed E-state index contributed by atoms with van der Waals surface area (Å²) in [4.78, 5) is 7.23. The van der Waals surface area contributed by atoms with Crippen LogP contribution in [0.25, 0.3) is 11.5 Å². The van der Waals surface area contributed by atoms with Crippen LogP contribution >= 0.6 is 0 Å². The largest absolute Gasteiger partial charge is 0.494 e. The summed E-state index contributed by atoms with van der Waals surface area (Å²) in [5.74, 6) is 1.57. The van der Waals surface area contributed by atoms with Crippen LogP contribution < -0.4 is 4.74 Å². The van der Waals surface area contributed by atoms with Gasteiger partial charge in [0.15, 0.2) is 0 Å².